The Labute approximate surface area is 160 Å². The summed E-state index contributed by atoms with van der Waals surface area (Å²) in [7, 11) is 1.29. The van der Waals surface area contributed by atoms with Gasteiger partial charge in [-0.15, -0.1) is 0 Å². The predicted molar refractivity (Wildman–Crippen MR) is 101 cm³/mol. The van der Waals surface area contributed by atoms with E-state index in [1.165, 1.54) is 11.7 Å². The van der Waals surface area contributed by atoms with Crippen molar-refractivity contribution in [3.8, 4) is 17.0 Å². The number of halogens is 2. The number of aromatic hydroxyl groups is 1. The molecule has 2 heterocycles. The Bertz CT molecular complexity index is 1010. The Kier molecular flexibility index (Phi) is 5.09. The quantitative estimate of drug-likeness (QED) is 0.660. The molecule has 2 aromatic heterocycles. The maximum atomic E-state index is 11.6. The van der Waals surface area contributed by atoms with Crippen molar-refractivity contribution in [3.63, 3.8) is 0 Å². The third-order valence-corrected chi connectivity index (χ3v) is 4.79. The Morgan fingerprint density at radius 2 is 2.12 bits per heavy atom. The molecule has 0 spiro atoms. The molecule has 0 saturated heterocycles. The van der Waals surface area contributed by atoms with Gasteiger partial charge in [0.05, 0.1) is 18.0 Å². The largest absolute Gasteiger partial charge is 0.494 e. The zero-order valence-corrected chi connectivity index (χ0v) is 15.7. The molecule has 3 rings (SSSR count). The van der Waals surface area contributed by atoms with Crippen LogP contribution in [-0.4, -0.2) is 27.7 Å². The number of carbonyl (C=O) groups is 1. The van der Waals surface area contributed by atoms with Gasteiger partial charge in [-0.05, 0) is 24.6 Å². The summed E-state index contributed by atoms with van der Waals surface area (Å²) in [5.41, 5.74) is 9.31. The fraction of sp³-hybridized carbons (Fsp3) is 0.222. The van der Waals surface area contributed by atoms with Gasteiger partial charge >= 0.3 is 5.97 Å². The molecule has 0 aliphatic heterocycles. The van der Waals surface area contributed by atoms with Crippen LogP contribution in [0.15, 0.2) is 24.4 Å². The normalized spacial score (nSPS) is 11.1. The van der Waals surface area contributed by atoms with E-state index >= 15 is 0 Å². The third-order valence-electron chi connectivity index (χ3n) is 4.24. The highest BCUT2D eigenvalue weighted by Gasteiger charge is 2.22. The molecule has 0 unspecified atom stereocenters. The van der Waals surface area contributed by atoms with Gasteiger partial charge in [0, 0.05) is 39.6 Å². The van der Waals surface area contributed by atoms with E-state index in [2.05, 4.69) is 9.72 Å². The van der Waals surface area contributed by atoms with Crippen LogP contribution in [0.25, 0.3) is 22.0 Å². The van der Waals surface area contributed by atoms with Crippen molar-refractivity contribution >= 4 is 40.1 Å². The maximum absolute atomic E-state index is 11.6. The first-order valence-electron chi connectivity index (χ1n) is 7.81. The van der Waals surface area contributed by atoms with Gasteiger partial charge < -0.3 is 20.1 Å². The number of hydrogen-bond acceptors (Lipinski definition) is 5. The number of aryl methyl sites for hydroxylation is 1. The summed E-state index contributed by atoms with van der Waals surface area (Å²) in [5.74, 6) is -0.587. The van der Waals surface area contributed by atoms with Gasteiger partial charge in [-0.2, -0.15) is 0 Å². The zero-order chi connectivity index (χ0) is 19.0. The van der Waals surface area contributed by atoms with E-state index in [0.717, 1.165) is 11.3 Å². The predicted octanol–water partition coefficient (Wildman–Crippen LogP) is 3.66. The van der Waals surface area contributed by atoms with Crippen molar-refractivity contribution < 1.29 is 14.6 Å². The lowest BCUT2D eigenvalue weighted by Crippen LogP contribution is -2.10. The average molecular weight is 394 g/mol. The van der Waals surface area contributed by atoms with Gasteiger partial charge in [0.15, 0.2) is 0 Å². The Balaban J connectivity index is 2.36. The number of fused-ring (bicyclic) bond motifs is 1. The zero-order valence-electron chi connectivity index (χ0n) is 14.2. The second-order valence-electron chi connectivity index (χ2n) is 5.80. The van der Waals surface area contributed by atoms with Crippen LogP contribution < -0.4 is 5.73 Å². The molecule has 1 aromatic carbocycles. The molecule has 0 amide bonds. The van der Waals surface area contributed by atoms with Crippen molar-refractivity contribution in [2.24, 2.45) is 5.73 Å². The van der Waals surface area contributed by atoms with E-state index in [0.29, 0.717) is 32.1 Å². The first-order chi connectivity index (χ1) is 12.4. The Hall–Kier alpha value is -2.28. The van der Waals surface area contributed by atoms with E-state index in [4.69, 9.17) is 28.9 Å². The summed E-state index contributed by atoms with van der Waals surface area (Å²) in [6.45, 7) is 1.91. The number of ether oxygens (including phenoxy) is 1. The molecular formula is C18H17Cl2N3O3. The van der Waals surface area contributed by atoms with Crippen LogP contribution >= 0.6 is 23.2 Å². The number of carbonyl (C=O) groups excluding carboxylic acids is 1. The highest BCUT2D eigenvalue weighted by molar-refractivity contribution is 6.36. The number of methoxy groups -OCH3 is 1. The van der Waals surface area contributed by atoms with E-state index in [-0.39, 0.29) is 19.0 Å². The first kappa shape index (κ1) is 18.5. The van der Waals surface area contributed by atoms with E-state index in [1.807, 2.05) is 6.92 Å². The molecule has 8 heteroatoms. The van der Waals surface area contributed by atoms with Crippen molar-refractivity contribution in [3.05, 3.63) is 45.7 Å². The van der Waals surface area contributed by atoms with Crippen molar-refractivity contribution in [2.45, 2.75) is 20.0 Å². The minimum atomic E-state index is -0.484. The lowest BCUT2D eigenvalue weighted by Gasteiger charge is -2.14. The smallest absolute Gasteiger partial charge is 0.325 e. The van der Waals surface area contributed by atoms with Crippen LogP contribution in [0.1, 0.15) is 11.3 Å². The summed E-state index contributed by atoms with van der Waals surface area (Å²) < 4.78 is 6.06. The first-order valence-corrected chi connectivity index (χ1v) is 8.56. The topological polar surface area (TPSA) is 90.4 Å². The average Bonchev–Trinajstić information content (AvgIpc) is 2.89. The number of pyridine rings is 1. The van der Waals surface area contributed by atoms with Crippen LogP contribution in [0.4, 0.5) is 0 Å². The van der Waals surface area contributed by atoms with Crippen molar-refractivity contribution in [2.75, 3.05) is 7.11 Å². The van der Waals surface area contributed by atoms with Gasteiger partial charge in [0.25, 0.3) is 0 Å². The molecule has 0 atom stereocenters. The van der Waals surface area contributed by atoms with E-state index < -0.39 is 5.97 Å². The van der Waals surface area contributed by atoms with Crippen molar-refractivity contribution in [1.82, 2.24) is 9.55 Å². The van der Waals surface area contributed by atoms with Crippen LogP contribution in [0.2, 0.25) is 10.0 Å². The highest BCUT2D eigenvalue weighted by atomic mass is 35.5. The molecule has 3 N–H and O–H groups in total. The lowest BCUT2D eigenvalue weighted by atomic mass is 9.95. The summed E-state index contributed by atoms with van der Waals surface area (Å²) in [6.07, 6.45) is 1.60. The molecule has 26 heavy (non-hydrogen) atoms. The number of aromatic nitrogens is 2. The molecule has 0 bridgehead atoms. The molecule has 0 aliphatic carbocycles. The third kappa shape index (κ3) is 3.11. The second-order valence-corrected chi connectivity index (χ2v) is 6.64. The van der Waals surface area contributed by atoms with E-state index in [9.17, 15) is 9.90 Å². The number of nitrogens with zero attached hydrogens (tertiary/aromatic N) is 2. The van der Waals surface area contributed by atoms with Gasteiger partial charge in [0.1, 0.15) is 6.54 Å². The summed E-state index contributed by atoms with van der Waals surface area (Å²) in [4.78, 5) is 16.1. The van der Waals surface area contributed by atoms with E-state index in [1.54, 1.807) is 24.4 Å². The van der Waals surface area contributed by atoms with Gasteiger partial charge in [-0.3, -0.25) is 9.78 Å². The fourth-order valence-corrected chi connectivity index (χ4v) is 3.50. The van der Waals surface area contributed by atoms with Gasteiger partial charge in [-0.25, -0.2) is 0 Å². The maximum Gasteiger partial charge on any atom is 0.325 e. The molecular weight excluding hydrogens is 377 g/mol. The number of esters is 1. The van der Waals surface area contributed by atoms with Crippen LogP contribution in [0.5, 0.6) is 5.88 Å². The van der Waals surface area contributed by atoms with Gasteiger partial charge in [-0.1, -0.05) is 29.3 Å². The Morgan fingerprint density at radius 1 is 1.38 bits per heavy atom. The van der Waals surface area contributed by atoms with Crippen LogP contribution in [0.3, 0.4) is 0 Å². The van der Waals surface area contributed by atoms with Crippen LogP contribution in [-0.2, 0) is 22.6 Å². The number of hydrogen-bond donors (Lipinski definition) is 2. The lowest BCUT2D eigenvalue weighted by molar-refractivity contribution is -0.141. The molecule has 0 saturated carbocycles. The number of benzene rings is 1. The highest BCUT2D eigenvalue weighted by Crippen LogP contribution is 2.42. The molecule has 136 valence electrons. The van der Waals surface area contributed by atoms with Gasteiger partial charge in [0.2, 0.25) is 5.88 Å². The summed E-state index contributed by atoms with van der Waals surface area (Å²) in [5, 5.41) is 12.1. The standard InChI is InChI=1S/C18H17Cl2N3O3/c1-9-12(6-21)16(11-4-3-10(19)5-13(11)20)17-14(22-9)7-23(18(17)25)8-15(24)26-2/h3-5,7,25H,6,8,21H2,1-2H3. The molecule has 0 aliphatic rings. The molecule has 6 nitrogen and oxygen atoms in total. The SMILES string of the molecule is COC(=O)Cn1cc2nc(C)c(CN)c(-c3ccc(Cl)cc3Cl)c2c1O. The number of nitrogens with two attached hydrogens (primary N) is 1. The molecule has 0 fully saturated rings. The monoisotopic (exact) mass is 393 g/mol. The summed E-state index contributed by atoms with van der Waals surface area (Å²) in [6, 6.07) is 5.12. The Morgan fingerprint density at radius 3 is 2.73 bits per heavy atom. The second kappa shape index (κ2) is 7.15. The number of rotatable bonds is 4. The van der Waals surface area contributed by atoms with Crippen LogP contribution in [0, 0.1) is 6.92 Å². The minimum Gasteiger partial charge on any atom is -0.494 e. The molecule has 0 radical (unpaired) electrons. The summed E-state index contributed by atoms with van der Waals surface area (Å²) >= 11 is 12.4. The fourth-order valence-electron chi connectivity index (χ4n) is 3.00. The van der Waals surface area contributed by atoms with Crippen molar-refractivity contribution in [1.29, 1.82) is 0 Å². The molecule has 3 aromatic rings. The minimum absolute atomic E-state index is 0.103.